The second kappa shape index (κ2) is 9.42. The smallest absolute Gasteiger partial charge is 0.176 e. The third-order valence-electron chi connectivity index (χ3n) is 10.8. The lowest BCUT2D eigenvalue weighted by Gasteiger charge is -2.33. The van der Waals surface area contributed by atoms with Crippen LogP contribution in [-0.2, 0) is 5.41 Å². The zero-order chi connectivity index (χ0) is 32.4. The third kappa shape index (κ3) is 3.47. The van der Waals surface area contributed by atoms with Crippen LogP contribution in [0.2, 0.25) is 0 Å². The highest BCUT2D eigenvalue weighted by Crippen LogP contribution is 2.58. The van der Waals surface area contributed by atoms with Crippen molar-refractivity contribution in [3.63, 3.8) is 0 Å². The second-order valence-corrected chi connectivity index (χ2v) is 13.7. The van der Waals surface area contributed by atoms with Crippen molar-refractivity contribution in [2.75, 3.05) is 4.90 Å². The molecule has 4 nitrogen and oxygen atoms in total. The van der Waals surface area contributed by atoms with E-state index in [2.05, 4.69) is 151 Å². The molecule has 0 amide bonds. The molecule has 49 heavy (non-hydrogen) atoms. The second-order valence-electron chi connectivity index (χ2n) is 13.7. The van der Waals surface area contributed by atoms with E-state index in [0.29, 0.717) is 0 Å². The molecule has 0 spiro atoms. The van der Waals surface area contributed by atoms with Gasteiger partial charge in [0.05, 0.1) is 22.4 Å². The lowest BCUT2D eigenvalue weighted by molar-refractivity contribution is 0.444. The standard InChI is InChI=1S/C45H30N2O2/c1-45(2)34-17-8-6-15-30(34)31-23-22-28(26-35(31)45)46(36-18-9-7-14-29(36)27-12-4-3-5-13-27)37-25-24-33-32-16-10-19-38-41(32)47-42(33)44(37)49-40-21-11-20-39(48-38)43(40)47/h3-26H,1-2H3. The van der Waals surface area contributed by atoms with Crippen molar-refractivity contribution in [3.05, 3.63) is 157 Å². The first-order valence-electron chi connectivity index (χ1n) is 16.9. The molecule has 0 fully saturated rings. The van der Waals surface area contributed by atoms with Gasteiger partial charge in [0.25, 0.3) is 0 Å². The topological polar surface area (TPSA) is 26.6 Å². The molecule has 3 aliphatic rings. The molecule has 0 N–H and O–H groups in total. The van der Waals surface area contributed by atoms with Crippen molar-refractivity contribution in [3.8, 4) is 50.9 Å². The van der Waals surface area contributed by atoms with Crippen LogP contribution in [0.1, 0.15) is 25.0 Å². The molecule has 0 atom stereocenters. The van der Waals surface area contributed by atoms with Crippen molar-refractivity contribution in [1.82, 2.24) is 4.57 Å². The summed E-state index contributed by atoms with van der Waals surface area (Å²) in [6.45, 7) is 4.68. The van der Waals surface area contributed by atoms with Gasteiger partial charge in [-0.1, -0.05) is 111 Å². The van der Waals surface area contributed by atoms with Crippen molar-refractivity contribution in [1.29, 1.82) is 0 Å². The highest BCUT2D eigenvalue weighted by atomic mass is 16.5. The molecular formula is C45H30N2O2. The zero-order valence-electron chi connectivity index (χ0n) is 27.1. The fraction of sp³-hybridized carbons (Fsp3) is 0.0667. The summed E-state index contributed by atoms with van der Waals surface area (Å²) in [6.07, 6.45) is 0. The molecule has 0 radical (unpaired) electrons. The number of nitrogens with zero attached hydrogens (tertiary/aromatic N) is 2. The molecule has 0 bridgehead atoms. The summed E-state index contributed by atoms with van der Waals surface area (Å²) < 4.78 is 15.8. The quantitative estimate of drug-likeness (QED) is 0.194. The Bertz CT molecular complexity index is 2700. The number of aromatic nitrogens is 1. The number of para-hydroxylation sites is 3. The summed E-state index contributed by atoms with van der Waals surface area (Å²) in [7, 11) is 0. The predicted octanol–water partition coefficient (Wildman–Crippen LogP) is 12.4. The van der Waals surface area contributed by atoms with E-state index in [1.165, 1.54) is 22.3 Å². The lowest BCUT2D eigenvalue weighted by atomic mass is 9.82. The summed E-state index contributed by atoms with van der Waals surface area (Å²) in [5, 5.41) is 2.29. The van der Waals surface area contributed by atoms with Gasteiger partial charge in [-0.3, -0.25) is 4.57 Å². The van der Waals surface area contributed by atoms with Gasteiger partial charge in [-0.05, 0) is 76.3 Å². The van der Waals surface area contributed by atoms with E-state index in [0.717, 1.165) is 78.7 Å². The largest absolute Gasteiger partial charge is 0.453 e. The number of anilines is 3. The summed E-state index contributed by atoms with van der Waals surface area (Å²) in [4.78, 5) is 2.40. The molecule has 1 aromatic heterocycles. The Hall–Kier alpha value is -6.26. The molecule has 0 saturated heterocycles. The van der Waals surface area contributed by atoms with Crippen LogP contribution in [-0.4, -0.2) is 4.57 Å². The number of rotatable bonds is 4. The van der Waals surface area contributed by atoms with Crippen LogP contribution in [0.15, 0.2) is 146 Å². The Morgan fingerprint density at radius 1 is 0.510 bits per heavy atom. The monoisotopic (exact) mass is 630 g/mol. The first-order chi connectivity index (χ1) is 24.1. The first-order valence-corrected chi connectivity index (χ1v) is 16.9. The van der Waals surface area contributed by atoms with E-state index >= 15 is 0 Å². The minimum atomic E-state index is -0.142. The molecule has 4 heteroatoms. The van der Waals surface area contributed by atoms with E-state index in [1.54, 1.807) is 0 Å². The Labute approximate surface area is 284 Å². The van der Waals surface area contributed by atoms with Crippen molar-refractivity contribution < 1.29 is 9.47 Å². The van der Waals surface area contributed by atoms with Crippen LogP contribution in [0.5, 0.6) is 23.0 Å². The van der Waals surface area contributed by atoms with E-state index in [-0.39, 0.29) is 5.41 Å². The molecule has 3 heterocycles. The Morgan fingerprint density at radius 2 is 1.20 bits per heavy atom. The maximum absolute atomic E-state index is 7.03. The van der Waals surface area contributed by atoms with Gasteiger partial charge in [0.1, 0.15) is 5.69 Å². The van der Waals surface area contributed by atoms with Gasteiger partial charge in [0.15, 0.2) is 23.0 Å². The minimum absolute atomic E-state index is 0.142. The van der Waals surface area contributed by atoms with Crippen LogP contribution in [0, 0.1) is 0 Å². The molecule has 2 aliphatic heterocycles. The molecule has 7 aromatic carbocycles. The van der Waals surface area contributed by atoms with Gasteiger partial charge >= 0.3 is 0 Å². The number of hydrogen-bond acceptors (Lipinski definition) is 3. The molecule has 11 rings (SSSR count). The molecule has 8 aromatic rings. The number of benzene rings is 7. The number of hydrogen-bond donors (Lipinski definition) is 0. The maximum Gasteiger partial charge on any atom is 0.176 e. The van der Waals surface area contributed by atoms with Gasteiger partial charge in [0.2, 0.25) is 0 Å². The van der Waals surface area contributed by atoms with Crippen molar-refractivity contribution in [2.45, 2.75) is 19.3 Å². The van der Waals surface area contributed by atoms with Gasteiger partial charge in [-0.15, -0.1) is 0 Å². The average molecular weight is 631 g/mol. The van der Waals surface area contributed by atoms with E-state index in [1.807, 2.05) is 18.2 Å². The fourth-order valence-electron chi connectivity index (χ4n) is 8.55. The summed E-state index contributed by atoms with van der Waals surface area (Å²) in [5.41, 5.74) is 13.7. The zero-order valence-corrected chi connectivity index (χ0v) is 27.1. The van der Waals surface area contributed by atoms with Gasteiger partial charge in [0, 0.05) is 27.4 Å². The highest BCUT2D eigenvalue weighted by molar-refractivity contribution is 6.16. The summed E-state index contributed by atoms with van der Waals surface area (Å²) >= 11 is 0. The molecule has 0 unspecified atom stereocenters. The summed E-state index contributed by atoms with van der Waals surface area (Å²) in [5.74, 6) is 3.28. The average Bonchev–Trinajstić information content (AvgIpc) is 3.60. The first kappa shape index (κ1) is 26.8. The predicted molar refractivity (Wildman–Crippen MR) is 199 cm³/mol. The number of fused-ring (bicyclic) bond motifs is 4. The van der Waals surface area contributed by atoms with Crippen LogP contribution < -0.4 is 14.4 Å². The molecule has 1 aliphatic carbocycles. The molecule has 232 valence electrons. The van der Waals surface area contributed by atoms with E-state index in [9.17, 15) is 0 Å². The normalized spacial score (nSPS) is 14.0. The summed E-state index contributed by atoms with van der Waals surface area (Å²) in [6, 6.07) is 52.1. The van der Waals surface area contributed by atoms with Gasteiger partial charge in [-0.25, -0.2) is 0 Å². The number of ether oxygens (including phenoxy) is 2. The van der Waals surface area contributed by atoms with Crippen molar-refractivity contribution in [2.24, 2.45) is 0 Å². The van der Waals surface area contributed by atoms with Crippen LogP contribution in [0.25, 0.3) is 49.7 Å². The highest BCUT2D eigenvalue weighted by Gasteiger charge is 2.38. The third-order valence-corrected chi connectivity index (χ3v) is 10.8. The Morgan fingerprint density at radius 3 is 2.08 bits per heavy atom. The SMILES string of the molecule is CC1(C)c2ccccc2-c2ccc(N(c3ccccc3-c3ccccc3)c3ccc4c5cccc6c5n5c4c3Oc3cccc(c3-5)O6)cc21. The van der Waals surface area contributed by atoms with E-state index < -0.39 is 0 Å². The Kier molecular flexibility index (Phi) is 5.15. The van der Waals surface area contributed by atoms with Crippen LogP contribution in [0.4, 0.5) is 17.1 Å². The maximum atomic E-state index is 7.03. The fourth-order valence-corrected chi connectivity index (χ4v) is 8.55. The van der Waals surface area contributed by atoms with Gasteiger partial charge < -0.3 is 14.4 Å². The van der Waals surface area contributed by atoms with Crippen LogP contribution >= 0.6 is 0 Å². The molecule has 0 saturated carbocycles. The van der Waals surface area contributed by atoms with Gasteiger partial charge in [-0.2, -0.15) is 0 Å². The van der Waals surface area contributed by atoms with Crippen LogP contribution in [0.3, 0.4) is 0 Å². The van der Waals surface area contributed by atoms with E-state index in [4.69, 9.17) is 9.47 Å². The molecular weight excluding hydrogens is 601 g/mol. The minimum Gasteiger partial charge on any atom is -0.453 e. The van der Waals surface area contributed by atoms with Crippen molar-refractivity contribution >= 4 is 38.9 Å². The lowest BCUT2D eigenvalue weighted by Crippen LogP contribution is -2.18. The Balaban J connectivity index is 1.23.